The van der Waals surface area contributed by atoms with Gasteiger partial charge in [-0.2, -0.15) is 11.8 Å². The van der Waals surface area contributed by atoms with Crippen LogP contribution in [0.1, 0.15) is 12.8 Å². The molecular weight excluding hydrogens is 226 g/mol. The van der Waals surface area contributed by atoms with E-state index in [-0.39, 0.29) is 11.9 Å². The molecular formula is C10H17N3O2S. The number of nitrogens with zero attached hydrogens (tertiary/aromatic N) is 1. The minimum atomic E-state index is -0.610. The molecule has 16 heavy (non-hydrogen) atoms. The van der Waals surface area contributed by atoms with Crippen LogP contribution < -0.4 is 10.6 Å². The predicted octanol–water partition coefficient (Wildman–Crippen LogP) is 0.0234. The van der Waals surface area contributed by atoms with Crippen LogP contribution in [0.4, 0.5) is 4.79 Å². The Bertz CT molecular complexity index is 302. The van der Waals surface area contributed by atoms with E-state index in [2.05, 4.69) is 10.6 Å². The fraction of sp³-hybridized carbons (Fsp3) is 0.800. The molecule has 0 bridgehead atoms. The fourth-order valence-corrected chi connectivity index (χ4v) is 2.62. The minimum absolute atomic E-state index is 0.0342. The Kier molecular flexibility index (Phi) is 3.39. The van der Waals surface area contributed by atoms with E-state index in [0.717, 1.165) is 18.8 Å². The molecule has 2 aliphatic rings. The van der Waals surface area contributed by atoms with Crippen LogP contribution in [0.5, 0.6) is 0 Å². The molecule has 1 spiro atoms. The molecule has 0 saturated carbocycles. The van der Waals surface area contributed by atoms with E-state index in [1.165, 1.54) is 4.90 Å². The maximum absolute atomic E-state index is 12.2. The Morgan fingerprint density at radius 1 is 1.38 bits per heavy atom. The first-order valence-corrected chi connectivity index (χ1v) is 6.93. The number of amides is 3. The summed E-state index contributed by atoms with van der Waals surface area (Å²) in [5.41, 5.74) is -0.610. The lowest BCUT2D eigenvalue weighted by molar-refractivity contribution is -0.132. The third-order valence-electron chi connectivity index (χ3n) is 3.22. The van der Waals surface area contributed by atoms with E-state index in [1.54, 1.807) is 11.8 Å². The summed E-state index contributed by atoms with van der Waals surface area (Å²) >= 11 is 1.64. The Hall–Kier alpha value is -0.750. The monoisotopic (exact) mass is 243 g/mol. The van der Waals surface area contributed by atoms with Crippen molar-refractivity contribution in [2.45, 2.75) is 18.4 Å². The number of imide groups is 1. The first-order chi connectivity index (χ1) is 7.69. The molecule has 0 aromatic rings. The van der Waals surface area contributed by atoms with Crippen molar-refractivity contribution in [2.24, 2.45) is 0 Å². The molecule has 6 heteroatoms. The second-order valence-electron chi connectivity index (χ2n) is 4.21. The zero-order chi connectivity index (χ0) is 11.6. The van der Waals surface area contributed by atoms with Crippen LogP contribution in [0.3, 0.4) is 0 Å². The van der Waals surface area contributed by atoms with E-state index in [9.17, 15) is 9.59 Å². The molecule has 0 aromatic carbocycles. The number of carbonyl (C=O) groups excluding carboxylic acids is 2. The van der Waals surface area contributed by atoms with E-state index in [1.807, 2.05) is 6.26 Å². The highest BCUT2D eigenvalue weighted by atomic mass is 32.2. The number of nitrogens with one attached hydrogen (secondary N) is 2. The van der Waals surface area contributed by atoms with E-state index in [4.69, 9.17) is 0 Å². The lowest BCUT2D eigenvalue weighted by Crippen LogP contribution is -2.53. The summed E-state index contributed by atoms with van der Waals surface area (Å²) in [4.78, 5) is 25.3. The predicted molar refractivity (Wildman–Crippen MR) is 63.5 cm³/mol. The molecule has 2 aliphatic heterocycles. The molecule has 0 aliphatic carbocycles. The second kappa shape index (κ2) is 4.63. The topological polar surface area (TPSA) is 61.4 Å². The Morgan fingerprint density at radius 3 is 2.69 bits per heavy atom. The third-order valence-corrected chi connectivity index (χ3v) is 3.81. The molecule has 2 fully saturated rings. The van der Waals surface area contributed by atoms with E-state index in [0.29, 0.717) is 19.4 Å². The average Bonchev–Trinajstić information content (AvgIpc) is 2.50. The van der Waals surface area contributed by atoms with Gasteiger partial charge in [0.15, 0.2) is 0 Å². The highest BCUT2D eigenvalue weighted by Crippen LogP contribution is 2.26. The molecule has 3 amide bonds. The molecule has 2 N–H and O–H groups in total. The van der Waals surface area contributed by atoms with Crippen molar-refractivity contribution in [3.05, 3.63) is 0 Å². The second-order valence-corrected chi connectivity index (χ2v) is 5.20. The average molecular weight is 243 g/mol. The lowest BCUT2D eigenvalue weighted by atomic mass is 9.88. The van der Waals surface area contributed by atoms with Crippen molar-refractivity contribution in [3.63, 3.8) is 0 Å². The molecule has 2 rings (SSSR count). The van der Waals surface area contributed by atoms with Gasteiger partial charge in [-0.3, -0.25) is 9.69 Å². The van der Waals surface area contributed by atoms with Gasteiger partial charge < -0.3 is 10.6 Å². The summed E-state index contributed by atoms with van der Waals surface area (Å²) in [5.74, 6) is 0.765. The minimum Gasteiger partial charge on any atom is -0.323 e. The molecule has 0 unspecified atom stereocenters. The highest BCUT2D eigenvalue weighted by molar-refractivity contribution is 7.98. The summed E-state index contributed by atoms with van der Waals surface area (Å²) in [5, 5.41) is 6.07. The number of thioether (sulfide) groups is 1. The van der Waals surface area contributed by atoms with Crippen molar-refractivity contribution >= 4 is 23.7 Å². The number of carbonyl (C=O) groups is 2. The standard InChI is InChI=1S/C10H17N3O2S/c1-16-7-6-13-8(14)10(12-9(13)15)2-4-11-5-3-10/h11H,2-7H2,1H3,(H,12,15). The van der Waals surface area contributed by atoms with Crippen LogP contribution in [0.15, 0.2) is 0 Å². The summed E-state index contributed by atoms with van der Waals surface area (Å²) in [6, 6.07) is -0.221. The normalized spacial score (nSPS) is 23.9. The number of piperidine rings is 1. The lowest BCUT2D eigenvalue weighted by Gasteiger charge is -2.31. The Balaban J connectivity index is 2.08. The molecule has 2 heterocycles. The largest absolute Gasteiger partial charge is 0.325 e. The van der Waals surface area contributed by atoms with Crippen LogP contribution in [-0.4, -0.2) is 54.0 Å². The smallest absolute Gasteiger partial charge is 0.323 e. The Labute approximate surface area is 99.3 Å². The summed E-state index contributed by atoms with van der Waals surface area (Å²) in [6.07, 6.45) is 3.37. The third kappa shape index (κ3) is 1.91. The van der Waals surface area contributed by atoms with E-state index >= 15 is 0 Å². The van der Waals surface area contributed by atoms with Crippen molar-refractivity contribution in [3.8, 4) is 0 Å². The summed E-state index contributed by atoms with van der Waals surface area (Å²) in [7, 11) is 0. The quantitative estimate of drug-likeness (QED) is 0.686. The first-order valence-electron chi connectivity index (χ1n) is 5.53. The van der Waals surface area contributed by atoms with Gasteiger partial charge in [-0.1, -0.05) is 0 Å². The van der Waals surface area contributed by atoms with Gasteiger partial charge in [-0.25, -0.2) is 4.79 Å². The maximum atomic E-state index is 12.2. The Morgan fingerprint density at radius 2 is 2.06 bits per heavy atom. The van der Waals surface area contributed by atoms with Gasteiger partial charge >= 0.3 is 6.03 Å². The van der Waals surface area contributed by atoms with Gasteiger partial charge in [0.2, 0.25) is 0 Å². The first kappa shape index (κ1) is 11.7. The molecule has 90 valence electrons. The molecule has 0 atom stereocenters. The van der Waals surface area contributed by atoms with Crippen LogP contribution >= 0.6 is 11.8 Å². The van der Waals surface area contributed by atoms with Crippen LogP contribution in [0.25, 0.3) is 0 Å². The maximum Gasteiger partial charge on any atom is 0.325 e. The van der Waals surface area contributed by atoms with Crippen LogP contribution in [0, 0.1) is 0 Å². The summed E-state index contributed by atoms with van der Waals surface area (Å²) in [6.45, 7) is 2.10. The van der Waals surface area contributed by atoms with Gasteiger partial charge in [-0.05, 0) is 32.2 Å². The molecule has 5 nitrogen and oxygen atoms in total. The van der Waals surface area contributed by atoms with Gasteiger partial charge in [0.25, 0.3) is 5.91 Å². The fourth-order valence-electron chi connectivity index (χ4n) is 2.25. The van der Waals surface area contributed by atoms with Crippen molar-refractivity contribution in [1.29, 1.82) is 0 Å². The zero-order valence-corrected chi connectivity index (χ0v) is 10.2. The summed E-state index contributed by atoms with van der Waals surface area (Å²) < 4.78 is 0. The van der Waals surface area contributed by atoms with Crippen LogP contribution in [-0.2, 0) is 4.79 Å². The molecule has 0 radical (unpaired) electrons. The van der Waals surface area contributed by atoms with Crippen molar-refractivity contribution in [1.82, 2.24) is 15.5 Å². The van der Waals surface area contributed by atoms with Crippen molar-refractivity contribution in [2.75, 3.05) is 31.6 Å². The van der Waals surface area contributed by atoms with Gasteiger partial charge in [0.1, 0.15) is 5.54 Å². The molecule has 2 saturated heterocycles. The van der Waals surface area contributed by atoms with Gasteiger partial charge in [0.05, 0.1) is 0 Å². The number of hydrogen-bond donors (Lipinski definition) is 2. The SMILES string of the molecule is CSCCN1C(=O)NC2(CCNCC2)C1=O. The van der Waals surface area contributed by atoms with Crippen molar-refractivity contribution < 1.29 is 9.59 Å². The number of urea groups is 1. The van der Waals surface area contributed by atoms with Gasteiger partial charge in [0, 0.05) is 12.3 Å². The van der Waals surface area contributed by atoms with E-state index < -0.39 is 5.54 Å². The highest BCUT2D eigenvalue weighted by Gasteiger charge is 2.50. The zero-order valence-electron chi connectivity index (χ0n) is 9.41. The van der Waals surface area contributed by atoms with Crippen LogP contribution in [0.2, 0.25) is 0 Å². The number of rotatable bonds is 3. The molecule has 0 aromatic heterocycles. The van der Waals surface area contributed by atoms with Gasteiger partial charge in [-0.15, -0.1) is 0 Å². The number of hydrogen-bond acceptors (Lipinski definition) is 4.